The van der Waals surface area contributed by atoms with E-state index in [-0.39, 0.29) is 0 Å². The van der Waals surface area contributed by atoms with Gasteiger partial charge in [0.1, 0.15) is 0 Å². The molecule has 1 unspecified atom stereocenters. The van der Waals surface area contributed by atoms with Gasteiger partial charge < -0.3 is 14.7 Å². The highest BCUT2D eigenvalue weighted by Gasteiger charge is 2.05. The third-order valence-corrected chi connectivity index (χ3v) is 2.17. The molecular weight excluding hydrogens is 180 g/mol. The van der Waals surface area contributed by atoms with E-state index < -0.39 is 0 Å². The lowest BCUT2D eigenvalue weighted by molar-refractivity contribution is 0.301. The number of nitrogens with one attached hydrogen (secondary N) is 1. The fourth-order valence-corrected chi connectivity index (χ4v) is 0.989. The minimum absolute atomic E-state index is 0.503. The van der Waals surface area contributed by atoms with Gasteiger partial charge in [0.25, 0.3) is 0 Å². The van der Waals surface area contributed by atoms with Crippen LogP contribution >= 0.6 is 0 Å². The van der Waals surface area contributed by atoms with Gasteiger partial charge in [-0.2, -0.15) is 4.98 Å². The fraction of sp³-hybridized carbons (Fsp3) is 0.778. The van der Waals surface area contributed by atoms with E-state index in [1.165, 1.54) is 0 Å². The van der Waals surface area contributed by atoms with Crippen LogP contribution in [0.2, 0.25) is 0 Å². The smallest absolute Gasteiger partial charge is 0.223 e. The van der Waals surface area contributed by atoms with Gasteiger partial charge in [0.15, 0.2) is 5.82 Å². The summed E-state index contributed by atoms with van der Waals surface area (Å²) in [5.41, 5.74) is 0. The molecule has 0 bridgehead atoms. The second kappa shape index (κ2) is 5.07. The van der Waals surface area contributed by atoms with E-state index >= 15 is 0 Å². The quantitative estimate of drug-likeness (QED) is 0.743. The van der Waals surface area contributed by atoms with Gasteiger partial charge in [-0.15, -0.1) is 0 Å². The molecule has 0 saturated carbocycles. The molecule has 1 aromatic rings. The number of rotatable bonds is 5. The first-order valence-electron chi connectivity index (χ1n) is 4.76. The van der Waals surface area contributed by atoms with Gasteiger partial charge in [0, 0.05) is 19.5 Å². The fourth-order valence-electron chi connectivity index (χ4n) is 0.989. The Labute approximate surface area is 84.5 Å². The lowest BCUT2D eigenvalue weighted by atomic mass is 10.3. The van der Waals surface area contributed by atoms with Gasteiger partial charge >= 0.3 is 0 Å². The number of nitrogens with zero attached hydrogens (tertiary/aromatic N) is 3. The van der Waals surface area contributed by atoms with Crippen LogP contribution in [0.15, 0.2) is 4.52 Å². The minimum atomic E-state index is 0.503. The second-order valence-corrected chi connectivity index (χ2v) is 3.67. The molecule has 1 atom stereocenters. The topological polar surface area (TPSA) is 54.2 Å². The number of aromatic nitrogens is 2. The standard InChI is InChI=1S/C9H18N4O/c1-7(13(3)4)5-10-6-9-11-8(2)14-12-9/h7,10H,5-6H2,1-4H3. The Morgan fingerprint density at radius 1 is 1.50 bits per heavy atom. The summed E-state index contributed by atoms with van der Waals surface area (Å²) in [5, 5.41) is 7.06. The lowest BCUT2D eigenvalue weighted by Crippen LogP contribution is -2.35. The summed E-state index contributed by atoms with van der Waals surface area (Å²) >= 11 is 0. The Hall–Kier alpha value is -0.940. The largest absolute Gasteiger partial charge is 0.340 e. The van der Waals surface area contributed by atoms with Gasteiger partial charge in [-0.05, 0) is 21.0 Å². The number of likely N-dealkylation sites (N-methyl/N-ethyl adjacent to an activating group) is 1. The van der Waals surface area contributed by atoms with E-state index in [4.69, 9.17) is 4.52 Å². The average Bonchev–Trinajstić information content (AvgIpc) is 2.51. The molecule has 0 fully saturated rings. The van der Waals surface area contributed by atoms with Crippen LogP contribution in [0.5, 0.6) is 0 Å². The highest BCUT2D eigenvalue weighted by Crippen LogP contribution is 1.94. The van der Waals surface area contributed by atoms with Crippen molar-refractivity contribution in [2.75, 3.05) is 20.6 Å². The number of aryl methyl sites for hydroxylation is 1. The van der Waals surface area contributed by atoms with Crippen LogP contribution in [0.4, 0.5) is 0 Å². The summed E-state index contributed by atoms with van der Waals surface area (Å²) in [6, 6.07) is 0.503. The van der Waals surface area contributed by atoms with E-state index in [1.54, 1.807) is 6.92 Å². The molecule has 0 spiro atoms. The van der Waals surface area contributed by atoms with Crippen LogP contribution in [0, 0.1) is 6.92 Å². The molecule has 1 aromatic heterocycles. The monoisotopic (exact) mass is 198 g/mol. The normalized spacial score (nSPS) is 13.5. The Morgan fingerprint density at radius 2 is 2.21 bits per heavy atom. The van der Waals surface area contributed by atoms with E-state index in [9.17, 15) is 0 Å². The van der Waals surface area contributed by atoms with Gasteiger partial charge in [-0.25, -0.2) is 0 Å². The molecular formula is C9H18N4O. The lowest BCUT2D eigenvalue weighted by Gasteiger charge is -2.19. The SMILES string of the molecule is Cc1nc(CNCC(C)N(C)C)no1. The Bertz CT molecular complexity index is 272. The minimum Gasteiger partial charge on any atom is -0.340 e. The predicted octanol–water partition coefficient (Wildman–Crippen LogP) is 0.418. The zero-order valence-electron chi connectivity index (χ0n) is 9.24. The maximum atomic E-state index is 4.86. The Morgan fingerprint density at radius 3 is 2.71 bits per heavy atom. The Kier molecular flexibility index (Phi) is 4.03. The van der Waals surface area contributed by atoms with E-state index in [0.29, 0.717) is 24.3 Å². The van der Waals surface area contributed by atoms with Crippen LogP contribution in [0.25, 0.3) is 0 Å². The van der Waals surface area contributed by atoms with Crippen LogP contribution < -0.4 is 5.32 Å². The molecule has 0 aliphatic heterocycles. The van der Waals surface area contributed by atoms with E-state index in [2.05, 4.69) is 41.4 Å². The van der Waals surface area contributed by atoms with Crippen LogP contribution in [0.1, 0.15) is 18.6 Å². The van der Waals surface area contributed by atoms with Gasteiger partial charge in [0.2, 0.25) is 5.89 Å². The molecule has 0 amide bonds. The first-order chi connectivity index (χ1) is 6.59. The third kappa shape index (κ3) is 3.43. The average molecular weight is 198 g/mol. The van der Waals surface area contributed by atoms with Crippen LogP contribution in [-0.2, 0) is 6.54 Å². The maximum Gasteiger partial charge on any atom is 0.223 e. The first-order valence-corrected chi connectivity index (χ1v) is 4.76. The molecule has 1 rings (SSSR count). The van der Waals surface area contributed by atoms with Gasteiger partial charge in [0.05, 0.1) is 6.54 Å². The molecule has 0 saturated heterocycles. The molecule has 0 aromatic carbocycles. The summed E-state index contributed by atoms with van der Waals surface area (Å²) in [6.07, 6.45) is 0. The predicted molar refractivity (Wildman–Crippen MR) is 53.9 cm³/mol. The van der Waals surface area contributed by atoms with Crippen LogP contribution in [0.3, 0.4) is 0 Å². The highest BCUT2D eigenvalue weighted by molar-refractivity contribution is 4.83. The summed E-state index contributed by atoms with van der Waals surface area (Å²) < 4.78 is 4.86. The van der Waals surface area contributed by atoms with E-state index in [0.717, 1.165) is 6.54 Å². The molecule has 14 heavy (non-hydrogen) atoms. The molecule has 5 heteroatoms. The highest BCUT2D eigenvalue weighted by atomic mass is 16.5. The van der Waals surface area contributed by atoms with Crippen molar-refractivity contribution < 1.29 is 4.52 Å². The van der Waals surface area contributed by atoms with Gasteiger partial charge in [-0.3, -0.25) is 0 Å². The first kappa shape index (κ1) is 11.1. The molecule has 5 nitrogen and oxygen atoms in total. The third-order valence-electron chi connectivity index (χ3n) is 2.17. The summed E-state index contributed by atoms with van der Waals surface area (Å²) in [4.78, 5) is 6.26. The van der Waals surface area contributed by atoms with Crippen molar-refractivity contribution in [2.24, 2.45) is 0 Å². The zero-order valence-corrected chi connectivity index (χ0v) is 9.24. The molecule has 0 radical (unpaired) electrons. The molecule has 80 valence electrons. The van der Waals surface area contributed by atoms with Crippen molar-refractivity contribution >= 4 is 0 Å². The number of hydrogen-bond acceptors (Lipinski definition) is 5. The molecule has 1 N–H and O–H groups in total. The summed E-state index contributed by atoms with van der Waals surface area (Å²) in [7, 11) is 4.12. The van der Waals surface area contributed by atoms with Crippen molar-refractivity contribution in [3.8, 4) is 0 Å². The van der Waals surface area contributed by atoms with Crippen molar-refractivity contribution in [3.05, 3.63) is 11.7 Å². The molecule has 0 aliphatic rings. The number of hydrogen-bond donors (Lipinski definition) is 1. The zero-order chi connectivity index (χ0) is 10.6. The van der Waals surface area contributed by atoms with Crippen molar-refractivity contribution in [1.82, 2.24) is 20.4 Å². The van der Waals surface area contributed by atoms with Crippen molar-refractivity contribution in [3.63, 3.8) is 0 Å². The van der Waals surface area contributed by atoms with Crippen LogP contribution in [-0.4, -0.2) is 41.7 Å². The molecule has 0 aliphatic carbocycles. The van der Waals surface area contributed by atoms with Crippen molar-refractivity contribution in [1.29, 1.82) is 0 Å². The van der Waals surface area contributed by atoms with E-state index in [1.807, 2.05) is 0 Å². The summed E-state index contributed by atoms with van der Waals surface area (Å²) in [5.74, 6) is 1.33. The van der Waals surface area contributed by atoms with Crippen molar-refractivity contribution in [2.45, 2.75) is 26.4 Å². The Balaban J connectivity index is 2.22. The second-order valence-electron chi connectivity index (χ2n) is 3.67. The molecule has 1 heterocycles. The summed E-state index contributed by atoms with van der Waals surface area (Å²) in [6.45, 7) is 5.53. The van der Waals surface area contributed by atoms with Gasteiger partial charge in [-0.1, -0.05) is 5.16 Å². The maximum absolute atomic E-state index is 4.86.